The minimum absolute atomic E-state index is 0.123. The van der Waals surface area contributed by atoms with Crippen LogP contribution in [0.25, 0.3) is 27.5 Å². The summed E-state index contributed by atoms with van der Waals surface area (Å²) in [5.74, 6) is 0.909. The molecule has 0 spiro atoms. The van der Waals surface area contributed by atoms with Crippen molar-refractivity contribution in [3.8, 4) is 5.69 Å². The lowest BCUT2D eigenvalue weighted by Gasteiger charge is -2.13. The van der Waals surface area contributed by atoms with Crippen LogP contribution >= 0.6 is 11.8 Å². The number of aryl methyl sites for hydroxylation is 1. The first-order valence-corrected chi connectivity index (χ1v) is 11.3. The molecule has 5 rings (SSSR count). The van der Waals surface area contributed by atoms with E-state index in [1.165, 1.54) is 17.3 Å². The molecule has 7 heteroatoms. The van der Waals surface area contributed by atoms with Crippen molar-refractivity contribution < 1.29 is 0 Å². The second-order valence-corrected chi connectivity index (χ2v) is 8.33. The summed E-state index contributed by atoms with van der Waals surface area (Å²) in [6.07, 6.45) is 0.924. The number of aromatic nitrogens is 4. The minimum Gasteiger partial charge on any atom is -0.309 e. The summed E-state index contributed by atoms with van der Waals surface area (Å²) < 4.78 is 1.63. The molecule has 6 nitrogen and oxygen atoms in total. The molecule has 0 saturated carbocycles. The smallest absolute Gasteiger partial charge is 0.266 e. The first-order valence-electron chi connectivity index (χ1n) is 10.4. The summed E-state index contributed by atoms with van der Waals surface area (Å²) in [7, 11) is 0. The Morgan fingerprint density at radius 1 is 0.844 bits per heavy atom. The van der Waals surface area contributed by atoms with Crippen LogP contribution in [-0.2, 0) is 12.2 Å². The number of nitrogens with zero attached hydrogens (tertiary/aromatic N) is 3. The highest BCUT2D eigenvalue weighted by atomic mass is 32.2. The average Bonchev–Trinajstić information content (AvgIpc) is 2.83. The number of para-hydroxylation sites is 2. The number of nitrogens with one attached hydrogen (secondary N) is 1. The molecular weight excluding hydrogens is 420 g/mol. The molecule has 0 aliphatic carbocycles. The highest BCUT2D eigenvalue weighted by molar-refractivity contribution is 7.98. The molecule has 158 valence electrons. The van der Waals surface area contributed by atoms with Crippen LogP contribution in [0.4, 0.5) is 0 Å². The van der Waals surface area contributed by atoms with Gasteiger partial charge in [-0.2, -0.15) is 0 Å². The molecule has 0 saturated heterocycles. The van der Waals surface area contributed by atoms with Gasteiger partial charge in [-0.1, -0.05) is 55.1 Å². The minimum atomic E-state index is -0.176. The van der Waals surface area contributed by atoms with Gasteiger partial charge in [0.05, 0.1) is 33.2 Å². The molecular formula is C25H20N4O2S. The number of rotatable bonds is 5. The Morgan fingerprint density at radius 2 is 1.50 bits per heavy atom. The van der Waals surface area contributed by atoms with E-state index in [-0.39, 0.29) is 11.1 Å². The molecule has 3 aromatic carbocycles. The van der Waals surface area contributed by atoms with Crippen molar-refractivity contribution in [3.05, 3.63) is 105 Å². The first-order chi connectivity index (χ1) is 15.6. The Hall–Kier alpha value is -3.71. The number of hydrogen-bond acceptors (Lipinski definition) is 5. The summed E-state index contributed by atoms with van der Waals surface area (Å²) >= 11 is 1.37. The van der Waals surface area contributed by atoms with Crippen molar-refractivity contribution in [1.82, 2.24) is 19.5 Å². The van der Waals surface area contributed by atoms with Gasteiger partial charge in [-0.15, -0.1) is 0 Å². The van der Waals surface area contributed by atoms with Crippen LogP contribution in [0.1, 0.15) is 18.3 Å². The molecule has 0 fully saturated rings. The zero-order valence-corrected chi connectivity index (χ0v) is 18.2. The molecule has 0 aliphatic rings. The molecule has 0 unspecified atom stereocenters. The molecule has 1 N–H and O–H groups in total. The summed E-state index contributed by atoms with van der Waals surface area (Å²) in [6, 6.07) is 22.5. The molecule has 0 amide bonds. The summed E-state index contributed by atoms with van der Waals surface area (Å²) in [5, 5.41) is 1.67. The normalized spacial score (nSPS) is 11.3. The van der Waals surface area contributed by atoms with Gasteiger partial charge in [0.25, 0.3) is 11.1 Å². The topological polar surface area (TPSA) is 80.6 Å². The Balaban J connectivity index is 1.59. The van der Waals surface area contributed by atoms with Crippen LogP contribution in [-0.4, -0.2) is 19.5 Å². The van der Waals surface area contributed by atoms with Crippen molar-refractivity contribution in [2.24, 2.45) is 0 Å². The Kier molecular flexibility index (Phi) is 5.33. The highest BCUT2D eigenvalue weighted by Gasteiger charge is 2.14. The largest absolute Gasteiger partial charge is 0.309 e. The van der Waals surface area contributed by atoms with E-state index >= 15 is 0 Å². The van der Waals surface area contributed by atoms with E-state index in [1.807, 2.05) is 60.7 Å². The van der Waals surface area contributed by atoms with Crippen LogP contribution < -0.4 is 11.1 Å². The van der Waals surface area contributed by atoms with E-state index in [2.05, 4.69) is 16.9 Å². The van der Waals surface area contributed by atoms with Gasteiger partial charge in [-0.3, -0.25) is 14.2 Å². The Labute approximate surface area is 188 Å². The maximum Gasteiger partial charge on any atom is 0.266 e. The number of benzene rings is 3. The van der Waals surface area contributed by atoms with Crippen LogP contribution in [0, 0.1) is 0 Å². The second-order valence-electron chi connectivity index (χ2n) is 7.39. The standard InChI is InChI=1S/C25H20N4O2S/c1-2-16-11-13-17(14-12-16)29-24(31)19-8-4-6-10-21(19)27-25(29)32-15-22-26-20-9-5-3-7-18(20)23(30)28-22/h3-14H,2,15H2,1H3,(H,26,28,30). The third-order valence-corrected chi connectivity index (χ3v) is 6.30. The highest BCUT2D eigenvalue weighted by Crippen LogP contribution is 2.24. The Bertz CT molecular complexity index is 1560. The van der Waals surface area contributed by atoms with Crippen molar-refractivity contribution in [2.75, 3.05) is 0 Å². The summed E-state index contributed by atoms with van der Waals surface area (Å²) in [5.41, 5.74) is 2.94. The lowest BCUT2D eigenvalue weighted by atomic mass is 10.1. The SMILES string of the molecule is CCc1ccc(-n2c(SCc3nc4ccccc4c(=O)[nH]3)nc3ccccc3c2=O)cc1. The zero-order chi connectivity index (χ0) is 22.1. The number of H-pyrrole nitrogens is 1. The molecule has 32 heavy (non-hydrogen) atoms. The number of thioether (sulfide) groups is 1. The van der Waals surface area contributed by atoms with E-state index in [0.29, 0.717) is 38.5 Å². The third-order valence-electron chi connectivity index (χ3n) is 5.35. The van der Waals surface area contributed by atoms with Gasteiger partial charge in [0.1, 0.15) is 5.82 Å². The fourth-order valence-corrected chi connectivity index (χ4v) is 4.54. The molecule has 5 aromatic rings. The van der Waals surface area contributed by atoms with Crippen molar-refractivity contribution in [3.63, 3.8) is 0 Å². The van der Waals surface area contributed by atoms with Gasteiger partial charge >= 0.3 is 0 Å². The lowest BCUT2D eigenvalue weighted by molar-refractivity contribution is 0.817. The van der Waals surface area contributed by atoms with Gasteiger partial charge in [0.15, 0.2) is 5.16 Å². The van der Waals surface area contributed by atoms with Crippen LogP contribution in [0.2, 0.25) is 0 Å². The van der Waals surface area contributed by atoms with Crippen molar-refractivity contribution in [1.29, 1.82) is 0 Å². The summed E-state index contributed by atoms with van der Waals surface area (Å²) in [4.78, 5) is 38.0. The van der Waals surface area contributed by atoms with Crippen molar-refractivity contribution >= 4 is 33.6 Å². The van der Waals surface area contributed by atoms with E-state index in [1.54, 1.807) is 16.7 Å². The monoisotopic (exact) mass is 440 g/mol. The van der Waals surface area contributed by atoms with Gasteiger partial charge in [0, 0.05) is 0 Å². The average molecular weight is 441 g/mol. The first kappa shape index (κ1) is 20.2. The molecule has 0 bridgehead atoms. The molecule has 0 atom stereocenters. The number of fused-ring (bicyclic) bond motifs is 2. The predicted octanol–water partition coefficient (Wildman–Crippen LogP) is 4.48. The van der Waals surface area contributed by atoms with Crippen molar-refractivity contribution in [2.45, 2.75) is 24.3 Å². The predicted molar refractivity (Wildman–Crippen MR) is 129 cm³/mol. The number of aromatic amines is 1. The van der Waals surface area contributed by atoms with E-state index in [0.717, 1.165) is 12.1 Å². The van der Waals surface area contributed by atoms with E-state index < -0.39 is 0 Å². The maximum atomic E-state index is 13.4. The Morgan fingerprint density at radius 3 is 2.22 bits per heavy atom. The third kappa shape index (κ3) is 3.71. The van der Waals surface area contributed by atoms with Gasteiger partial charge in [-0.05, 0) is 48.4 Å². The fraction of sp³-hybridized carbons (Fsp3) is 0.120. The van der Waals surface area contributed by atoms with E-state index in [4.69, 9.17) is 4.98 Å². The van der Waals surface area contributed by atoms with Gasteiger partial charge < -0.3 is 4.98 Å². The molecule has 0 radical (unpaired) electrons. The second kappa shape index (κ2) is 8.43. The molecule has 0 aliphatic heterocycles. The van der Waals surface area contributed by atoms with Gasteiger partial charge in [0.2, 0.25) is 0 Å². The van der Waals surface area contributed by atoms with Crippen LogP contribution in [0.3, 0.4) is 0 Å². The quantitative estimate of drug-likeness (QED) is 0.322. The maximum absolute atomic E-state index is 13.4. The summed E-state index contributed by atoms with van der Waals surface area (Å²) in [6.45, 7) is 2.09. The van der Waals surface area contributed by atoms with Crippen LogP contribution in [0.15, 0.2) is 87.5 Å². The number of hydrogen-bond donors (Lipinski definition) is 1. The fourth-order valence-electron chi connectivity index (χ4n) is 3.65. The van der Waals surface area contributed by atoms with Crippen LogP contribution in [0.5, 0.6) is 0 Å². The van der Waals surface area contributed by atoms with Gasteiger partial charge in [-0.25, -0.2) is 9.97 Å². The van der Waals surface area contributed by atoms with E-state index in [9.17, 15) is 9.59 Å². The lowest BCUT2D eigenvalue weighted by Crippen LogP contribution is -2.22. The molecule has 2 aromatic heterocycles. The molecule has 2 heterocycles. The zero-order valence-electron chi connectivity index (χ0n) is 17.4.